The standard InChI is InChI=1S/C6H6.C5H5N.2C4H4S.C3H3N3/c2*1-2-4-6-5-3-1;2*1-2-4-5-3-1;1-4-2-6-3-5-1/h1-6H;1-5H;2*1-4H;1-3H. The van der Waals surface area contributed by atoms with Crippen LogP contribution in [0.5, 0.6) is 0 Å². The van der Waals surface area contributed by atoms with E-state index in [1.54, 1.807) is 35.1 Å². The topological polar surface area (TPSA) is 51.6 Å². The van der Waals surface area contributed by atoms with Crippen LogP contribution >= 0.6 is 22.7 Å². The van der Waals surface area contributed by atoms with Crippen molar-refractivity contribution in [1.29, 1.82) is 0 Å². The molecule has 4 aromatic heterocycles. The SMILES string of the molecule is c1ccccc1.c1ccncc1.c1ccsc1.c1ccsc1.c1ncncn1. The predicted molar refractivity (Wildman–Crippen MR) is 119 cm³/mol. The minimum absolute atomic E-state index is 1.44. The molecular weight excluding hydrogens is 384 g/mol. The van der Waals surface area contributed by atoms with Gasteiger partial charge in [-0.05, 0) is 33.7 Å². The van der Waals surface area contributed by atoms with Gasteiger partial charge in [-0.15, -0.1) is 0 Å². The molecule has 142 valence electrons. The van der Waals surface area contributed by atoms with Crippen molar-refractivity contribution in [3.8, 4) is 0 Å². The van der Waals surface area contributed by atoms with Gasteiger partial charge >= 0.3 is 0 Å². The van der Waals surface area contributed by atoms with Gasteiger partial charge in [-0.1, -0.05) is 66.7 Å². The Bertz CT molecular complexity index is 595. The second-order valence-corrected chi connectivity index (χ2v) is 6.19. The molecule has 6 heteroatoms. The lowest BCUT2D eigenvalue weighted by atomic mass is 10.4. The quantitative estimate of drug-likeness (QED) is 0.310. The van der Waals surface area contributed by atoms with Crippen molar-refractivity contribution < 1.29 is 0 Å². The van der Waals surface area contributed by atoms with Crippen LogP contribution in [0.25, 0.3) is 0 Å². The third-order valence-corrected chi connectivity index (χ3v) is 3.74. The first-order chi connectivity index (χ1) is 14.0. The third kappa shape index (κ3) is 17.6. The maximum Gasteiger partial charge on any atom is 0.119 e. The number of benzene rings is 1. The summed E-state index contributed by atoms with van der Waals surface area (Å²) in [7, 11) is 0. The first-order valence-corrected chi connectivity index (χ1v) is 10.2. The second-order valence-electron chi connectivity index (χ2n) is 4.56. The summed E-state index contributed by atoms with van der Waals surface area (Å²) in [4.78, 5) is 14.5. The minimum atomic E-state index is 1.44. The molecule has 0 unspecified atom stereocenters. The van der Waals surface area contributed by atoms with E-state index in [1.165, 1.54) is 19.0 Å². The maximum atomic E-state index is 3.78. The lowest BCUT2D eigenvalue weighted by Gasteiger charge is -1.70. The van der Waals surface area contributed by atoms with Gasteiger partial charge in [-0.2, -0.15) is 22.7 Å². The third-order valence-electron chi connectivity index (χ3n) is 2.48. The van der Waals surface area contributed by atoms with Gasteiger partial charge in [-0.25, -0.2) is 15.0 Å². The fourth-order valence-electron chi connectivity index (χ4n) is 1.36. The number of hydrogen-bond acceptors (Lipinski definition) is 6. The van der Waals surface area contributed by atoms with Crippen LogP contribution < -0.4 is 0 Å². The molecule has 0 bridgehead atoms. The monoisotopic (exact) mass is 406 g/mol. The lowest BCUT2D eigenvalue weighted by Crippen LogP contribution is -1.73. The molecule has 0 aliphatic heterocycles. The highest BCUT2D eigenvalue weighted by Gasteiger charge is 1.61. The van der Waals surface area contributed by atoms with Gasteiger partial charge in [0, 0.05) is 12.4 Å². The average Bonchev–Trinajstić information content (AvgIpc) is 3.58. The molecule has 0 saturated heterocycles. The number of thiophene rings is 2. The molecule has 0 aliphatic carbocycles. The van der Waals surface area contributed by atoms with E-state index in [0.29, 0.717) is 0 Å². The molecule has 0 saturated carbocycles. The van der Waals surface area contributed by atoms with Crippen molar-refractivity contribution >= 4 is 22.7 Å². The molecule has 1 aromatic carbocycles. The van der Waals surface area contributed by atoms with E-state index >= 15 is 0 Å². The number of hydrogen-bond donors (Lipinski definition) is 0. The van der Waals surface area contributed by atoms with Crippen molar-refractivity contribution in [2.75, 3.05) is 0 Å². The molecule has 5 rings (SSSR count). The Kier molecular flexibility index (Phi) is 16.4. The first kappa shape index (κ1) is 22.8. The zero-order valence-electron chi connectivity index (χ0n) is 15.3. The summed E-state index contributed by atoms with van der Waals surface area (Å²) < 4.78 is 0. The van der Waals surface area contributed by atoms with Crippen LogP contribution in [0.15, 0.2) is 132 Å². The molecule has 4 nitrogen and oxygen atoms in total. The highest BCUT2D eigenvalue weighted by atomic mass is 32.1. The number of nitrogens with zero attached hydrogens (tertiary/aromatic N) is 4. The summed E-state index contributed by atoms with van der Waals surface area (Å²) in [6, 6.07) is 25.8. The fourth-order valence-corrected chi connectivity index (χ4v) is 2.26. The van der Waals surface area contributed by atoms with Crippen molar-refractivity contribution in [2.24, 2.45) is 0 Å². The summed E-state index contributed by atoms with van der Waals surface area (Å²) in [5, 5.41) is 8.17. The van der Waals surface area contributed by atoms with Crippen LogP contribution in [0, 0.1) is 0 Å². The van der Waals surface area contributed by atoms with Gasteiger partial charge in [-0.3, -0.25) is 4.98 Å². The highest BCUT2D eigenvalue weighted by Crippen LogP contribution is 1.92. The van der Waals surface area contributed by atoms with Gasteiger partial charge in [0.25, 0.3) is 0 Å². The largest absolute Gasteiger partial charge is 0.265 e. The molecule has 0 amide bonds. The van der Waals surface area contributed by atoms with Gasteiger partial charge in [0.15, 0.2) is 0 Å². The molecule has 0 spiro atoms. The Morgan fingerprint density at radius 3 is 0.786 bits per heavy atom. The van der Waals surface area contributed by atoms with E-state index < -0.39 is 0 Å². The van der Waals surface area contributed by atoms with E-state index in [2.05, 4.69) is 19.9 Å². The van der Waals surface area contributed by atoms with Crippen LogP contribution in [0.4, 0.5) is 0 Å². The van der Waals surface area contributed by atoms with Crippen LogP contribution in [-0.4, -0.2) is 19.9 Å². The molecule has 0 radical (unpaired) electrons. The lowest BCUT2D eigenvalue weighted by molar-refractivity contribution is 1.05. The normalized spacial score (nSPS) is 8.00. The Morgan fingerprint density at radius 2 is 0.643 bits per heavy atom. The van der Waals surface area contributed by atoms with Crippen molar-refractivity contribution in [1.82, 2.24) is 19.9 Å². The highest BCUT2D eigenvalue weighted by molar-refractivity contribution is 7.08. The number of rotatable bonds is 0. The van der Waals surface area contributed by atoms with Gasteiger partial charge in [0.2, 0.25) is 0 Å². The Labute approximate surface area is 174 Å². The van der Waals surface area contributed by atoms with E-state index in [0.717, 1.165) is 0 Å². The van der Waals surface area contributed by atoms with Gasteiger partial charge < -0.3 is 0 Å². The summed E-state index contributed by atoms with van der Waals surface area (Å²) in [6.07, 6.45) is 7.81. The second kappa shape index (κ2) is 20.1. The summed E-state index contributed by atoms with van der Waals surface area (Å²) >= 11 is 3.43. The molecule has 0 atom stereocenters. The molecule has 0 fully saturated rings. The van der Waals surface area contributed by atoms with Crippen molar-refractivity contribution in [2.45, 2.75) is 0 Å². The van der Waals surface area contributed by atoms with Crippen molar-refractivity contribution in [3.05, 3.63) is 132 Å². The average molecular weight is 407 g/mol. The van der Waals surface area contributed by atoms with Gasteiger partial charge in [0.1, 0.15) is 19.0 Å². The van der Waals surface area contributed by atoms with Gasteiger partial charge in [0.05, 0.1) is 0 Å². The van der Waals surface area contributed by atoms with Crippen LogP contribution in [0.2, 0.25) is 0 Å². The fraction of sp³-hybridized carbons (Fsp3) is 0. The number of aromatic nitrogens is 4. The van der Waals surface area contributed by atoms with E-state index in [-0.39, 0.29) is 0 Å². The molecule has 28 heavy (non-hydrogen) atoms. The molecule has 0 N–H and O–H groups in total. The Morgan fingerprint density at radius 1 is 0.321 bits per heavy atom. The smallest absolute Gasteiger partial charge is 0.119 e. The minimum Gasteiger partial charge on any atom is -0.265 e. The number of pyridine rings is 1. The van der Waals surface area contributed by atoms with Crippen molar-refractivity contribution in [3.63, 3.8) is 0 Å². The Hall–Kier alpha value is -3.22. The predicted octanol–water partition coefficient (Wildman–Crippen LogP) is 6.14. The first-order valence-electron chi connectivity index (χ1n) is 8.34. The summed E-state index contributed by atoms with van der Waals surface area (Å²) in [5.41, 5.74) is 0. The zero-order valence-corrected chi connectivity index (χ0v) is 16.9. The molecular formula is C22H22N4S2. The van der Waals surface area contributed by atoms with E-state index in [9.17, 15) is 0 Å². The summed E-state index contributed by atoms with van der Waals surface area (Å²) in [5.74, 6) is 0. The molecule has 5 aromatic rings. The summed E-state index contributed by atoms with van der Waals surface area (Å²) in [6.45, 7) is 0. The van der Waals surface area contributed by atoms with E-state index in [4.69, 9.17) is 0 Å². The maximum absolute atomic E-state index is 3.78. The van der Waals surface area contributed by atoms with Crippen LogP contribution in [-0.2, 0) is 0 Å². The molecule has 4 heterocycles. The Balaban J connectivity index is 0.000000175. The van der Waals surface area contributed by atoms with Crippen LogP contribution in [0.3, 0.4) is 0 Å². The van der Waals surface area contributed by atoms with Crippen LogP contribution in [0.1, 0.15) is 0 Å². The zero-order chi connectivity index (χ0) is 19.8. The molecule has 0 aliphatic rings. The van der Waals surface area contributed by atoms with E-state index in [1.807, 2.05) is 100 Å².